The molecule has 0 spiro atoms. The molecule has 16 heavy (non-hydrogen) atoms. The minimum absolute atomic E-state index is 0.155. The van der Waals surface area contributed by atoms with Gasteiger partial charge in [-0.15, -0.1) is 13.0 Å². The number of rotatable bonds is 5. The smallest absolute Gasteiger partial charge is 0.236 e. The lowest BCUT2D eigenvalue weighted by Crippen LogP contribution is -2.50. The molecule has 0 atom stereocenters. The normalized spacial score (nSPS) is 16.8. The predicted molar refractivity (Wildman–Crippen MR) is 64.9 cm³/mol. The van der Waals surface area contributed by atoms with Crippen molar-refractivity contribution in [2.45, 2.75) is 0 Å². The third kappa shape index (κ3) is 4.05. The summed E-state index contributed by atoms with van der Waals surface area (Å²) in [7, 11) is 0. The van der Waals surface area contributed by atoms with E-state index in [0.29, 0.717) is 19.6 Å². The number of piperazine rings is 1. The zero-order valence-electron chi connectivity index (χ0n) is 9.61. The molecule has 0 radical (unpaired) electrons. The molecule has 88 valence electrons. The lowest BCUT2D eigenvalue weighted by Gasteiger charge is -2.33. The molecule has 1 aliphatic heterocycles. The molecule has 0 saturated carbocycles. The van der Waals surface area contributed by atoms with Crippen LogP contribution in [0.3, 0.4) is 0 Å². The van der Waals surface area contributed by atoms with Crippen LogP contribution in [0.4, 0.5) is 0 Å². The Morgan fingerprint density at radius 1 is 1.44 bits per heavy atom. The van der Waals surface area contributed by atoms with Crippen molar-refractivity contribution in [1.29, 1.82) is 0 Å². The molecule has 1 amide bonds. The summed E-state index contributed by atoms with van der Waals surface area (Å²) in [6.07, 6.45) is 6.99. The molecule has 1 heterocycles. The fourth-order valence-corrected chi connectivity index (χ4v) is 1.68. The Kier molecular flexibility index (Phi) is 5.62. The second kappa shape index (κ2) is 7.04. The first-order chi connectivity index (χ1) is 7.77. The zero-order valence-corrected chi connectivity index (χ0v) is 9.61. The largest absolute Gasteiger partial charge is 0.339 e. The number of terminal acetylenes is 1. The van der Waals surface area contributed by atoms with E-state index in [2.05, 4.69) is 22.7 Å². The molecule has 1 rings (SSSR count). The summed E-state index contributed by atoms with van der Waals surface area (Å²) >= 11 is 0. The lowest BCUT2D eigenvalue weighted by molar-refractivity contribution is -0.131. The van der Waals surface area contributed by atoms with E-state index in [1.54, 1.807) is 6.08 Å². The van der Waals surface area contributed by atoms with Crippen molar-refractivity contribution in [1.82, 2.24) is 15.1 Å². The van der Waals surface area contributed by atoms with Crippen LogP contribution in [-0.4, -0.2) is 61.5 Å². The SMILES string of the molecule is C#CCN1CCN(C(=O)CNCC=C)CC1. The van der Waals surface area contributed by atoms with Crippen LogP contribution >= 0.6 is 0 Å². The number of hydrogen-bond donors (Lipinski definition) is 1. The van der Waals surface area contributed by atoms with Crippen molar-refractivity contribution >= 4 is 5.91 Å². The maximum Gasteiger partial charge on any atom is 0.236 e. The van der Waals surface area contributed by atoms with Gasteiger partial charge >= 0.3 is 0 Å². The third-order valence-corrected chi connectivity index (χ3v) is 2.60. The number of amides is 1. The van der Waals surface area contributed by atoms with E-state index in [0.717, 1.165) is 26.2 Å². The molecule has 4 heteroatoms. The van der Waals surface area contributed by atoms with Gasteiger partial charge in [-0.2, -0.15) is 0 Å². The van der Waals surface area contributed by atoms with Crippen LogP contribution in [0.15, 0.2) is 12.7 Å². The van der Waals surface area contributed by atoms with E-state index in [4.69, 9.17) is 6.42 Å². The minimum Gasteiger partial charge on any atom is -0.339 e. The molecule has 0 bridgehead atoms. The Labute approximate surface area is 97.3 Å². The number of hydrogen-bond acceptors (Lipinski definition) is 3. The van der Waals surface area contributed by atoms with E-state index in [1.165, 1.54) is 0 Å². The van der Waals surface area contributed by atoms with Gasteiger partial charge in [0.05, 0.1) is 13.1 Å². The van der Waals surface area contributed by atoms with Crippen molar-refractivity contribution in [3.8, 4) is 12.3 Å². The van der Waals surface area contributed by atoms with Gasteiger partial charge in [0.1, 0.15) is 0 Å². The van der Waals surface area contributed by atoms with E-state index in [1.807, 2.05) is 4.90 Å². The van der Waals surface area contributed by atoms with E-state index < -0.39 is 0 Å². The van der Waals surface area contributed by atoms with Crippen molar-refractivity contribution < 1.29 is 4.79 Å². The van der Waals surface area contributed by atoms with Crippen LogP contribution in [0.25, 0.3) is 0 Å². The molecular formula is C12H19N3O. The minimum atomic E-state index is 0.155. The van der Waals surface area contributed by atoms with Gasteiger partial charge in [0.2, 0.25) is 5.91 Å². The standard InChI is InChI=1S/C12H19N3O/c1-3-5-13-11-12(16)15-9-7-14(6-4-2)8-10-15/h2-3,13H,1,5-11H2. The van der Waals surface area contributed by atoms with Gasteiger partial charge in [-0.05, 0) is 0 Å². The Balaban J connectivity index is 2.22. The van der Waals surface area contributed by atoms with Crippen LogP contribution in [0.2, 0.25) is 0 Å². The van der Waals surface area contributed by atoms with Gasteiger partial charge < -0.3 is 10.2 Å². The van der Waals surface area contributed by atoms with E-state index in [-0.39, 0.29) is 5.91 Å². The van der Waals surface area contributed by atoms with Crippen molar-refractivity contribution in [3.63, 3.8) is 0 Å². The average molecular weight is 221 g/mol. The summed E-state index contributed by atoms with van der Waals surface area (Å²) in [4.78, 5) is 15.8. The van der Waals surface area contributed by atoms with Crippen LogP contribution in [0.1, 0.15) is 0 Å². The molecule has 1 saturated heterocycles. The van der Waals surface area contributed by atoms with Crippen LogP contribution in [-0.2, 0) is 4.79 Å². The first-order valence-electron chi connectivity index (χ1n) is 5.53. The summed E-state index contributed by atoms with van der Waals surface area (Å²) in [5.41, 5.74) is 0. The average Bonchev–Trinajstić information content (AvgIpc) is 2.30. The molecule has 0 aliphatic carbocycles. The molecule has 1 N–H and O–H groups in total. The summed E-state index contributed by atoms with van der Waals surface area (Å²) in [6.45, 7) is 8.62. The van der Waals surface area contributed by atoms with Gasteiger partial charge in [0.15, 0.2) is 0 Å². The van der Waals surface area contributed by atoms with Gasteiger partial charge in [-0.1, -0.05) is 12.0 Å². The fraction of sp³-hybridized carbons (Fsp3) is 0.583. The van der Waals surface area contributed by atoms with Crippen LogP contribution in [0.5, 0.6) is 0 Å². The first kappa shape index (κ1) is 12.8. The fourth-order valence-electron chi connectivity index (χ4n) is 1.68. The van der Waals surface area contributed by atoms with Crippen molar-refractivity contribution in [2.24, 2.45) is 0 Å². The Hall–Kier alpha value is -1.31. The highest BCUT2D eigenvalue weighted by molar-refractivity contribution is 5.78. The van der Waals surface area contributed by atoms with E-state index >= 15 is 0 Å². The van der Waals surface area contributed by atoms with Crippen LogP contribution in [0, 0.1) is 12.3 Å². The number of nitrogens with zero attached hydrogens (tertiary/aromatic N) is 2. The van der Waals surface area contributed by atoms with Gasteiger partial charge in [-0.3, -0.25) is 9.69 Å². The summed E-state index contributed by atoms with van der Waals surface area (Å²) in [5, 5.41) is 3.01. The second-order valence-electron chi connectivity index (χ2n) is 3.78. The van der Waals surface area contributed by atoms with Crippen LogP contribution < -0.4 is 5.32 Å². The van der Waals surface area contributed by atoms with Crippen molar-refractivity contribution in [2.75, 3.05) is 45.8 Å². The predicted octanol–water partition coefficient (Wildman–Crippen LogP) is -0.461. The topological polar surface area (TPSA) is 35.6 Å². The Morgan fingerprint density at radius 2 is 2.12 bits per heavy atom. The number of carbonyl (C=O) groups is 1. The molecule has 0 aromatic carbocycles. The maximum absolute atomic E-state index is 11.7. The molecule has 1 fully saturated rings. The molecule has 0 unspecified atom stereocenters. The lowest BCUT2D eigenvalue weighted by atomic mass is 10.3. The highest BCUT2D eigenvalue weighted by Crippen LogP contribution is 2.00. The molecule has 1 aliphatic rings. The molecule has 4 nitrogen and oxygen atoms in total. The summed E-state index contributed by atoms with van der Waals surface area (Å²) in [5.74, 6) is 2.78. The highest BCUT2D eigenvalue weighted by atomic mass is 16.2. The zero-order chi connectivity index (χ0) is 11.8. The number of nitrogens with one attached hydrogen (secondary N) is 1. The third-order valence-electron chi connectivity index (χ3n) is 2.60. The van der Waals surface area contributed by atoms with Gasteiger partial charge in [0, 0.05) is 32.7 Å². The first-order valence-corrected chi connectivity index (χ1v) is 5.53. The van der Waals surface area contributed by atoms with Crippen molar-refractivity contribution in [3.05, 3.63) is 12.7 Å². The molecule has 0 aromatic heterocycles. The summed E-state index contributed by atoms with van der Waals surface area (Å²) in [6, 6.07) is 0. The highest BCUT2D eigenvalue weighted by Gasteiger charge is 2.19. The second-order valence-corrected chi connectivity index (χ2v) is 3.78. The quantitative estimate of drug-likeness (QED) is 0.388. The maximum atomic E-state index is 11.7. The number of carbonyl (C=O) groups excluding carboxylic acids is 1. The van der Waals surface area contributed by atoms with E-state index in [9.17, 15) is 4.79 Å². The molecular weight excluding hydrogens is 202 g/mol. The molecule has 0 aromatic rings. The van der Waals surface area contributed by atoms with Gasteiger partial charge in [0.25, 0.3) is 0 Å². The van der Waals surface area contributed by atoms with Gasteiger partial charge in [-0.25, -0.2) is 0 Å². The Bertz CT molecular complexity index is 274. The monoisotopic (exact) mass is 221 g/mol. The Morgan fingerprint density at radius 3 is 2.69 bits per heavy atom. The summed E-state index contributed by atoms with van der Waals surface area (Å²) < 4.78 is 0.